The van der Waals surface area contributed by atoms with E-state index in [2.05, 4.69) is 5.16 Å². The Morgan fingerprint density at radius 2 is 1.80 bits per heavy atom. The average Bonchev–Trinajstić information content (AvgIpc) is 3.06. The number of benzene rings is 2. The molecular weight excluding hydrogens is 332 g/mol. The van der Waals surface area contributed by atoms with Crippen LogP contribution < -0.4 is 9.47 Å². The van der Waals surface area contributed by atoms with E-state index in [-0.39, 0.29) is 16.9 Å². The van der Waals surface area contributed by atoms with Crippen molar-refractivity contribution in [3.63, 3.8) is 0 Å². The molecule has 0 aliphatic heterocycles. The van der Waals surface area contributed by atoms with E-state index in [1.807, 2.05) is 0 Å². The first-order valence-electron chi connectivity index (χ1n) is 7.36. The van der Waals surface area contributed by atoms with Gasteiger partial charge in [-0.2, -0.15) is 0 Å². The highest BCUT2D eigenvalue weighted by atomic mass is 19.1. The Hall–Kier alpha value is -2.93. The zero-order valence-electron chi connectivity index (χ0n) is 13.5. The van der Waals surface area contributed by atoms with Crippen molar-refractivity contribution in [2.75, 3.05) is 14.2 Å². The van der Waals surface area contributed by atoms with Gasteiger partial charge >= 0.3 is 0 Å². The molecule has 1 heterocycles. The summed E-state index contributed by atoms with van der Waals surface area (Å²) in [6.07, 6.45) is 0. The summed E-state index contributed by atoms with van der Waals surface area (Å²) in [5, 5.41) is 13.6. The number of aliphatic hydroxyl groups excluding tert-OH is 1. The van der Waals surface area contributed by atoms with Gasteiger partial charge in [0.25, 0.3) is 0 Å². The molecule has 2 aromatic carbocycles. The molecule has 5 nitrogen and oxygen atoms in total. The maximum Gasteiger partial charge on any atom is 0.176 e. The highest BCUT2D eigenvalue weighted by molar-refractivity contribution is 5.74. The van der Waals surface area contributed by atoms with E-state index >= 15 is 0 Å². The molecule has 0 unspecified atom stereocenters. The fourth-order valence-corrected chi connectivity index (χ4v) is 2.55. The summed E-state index contributed by atoms with van der Waals surface area (Å²) in [5.41, 5.74) is 1.02. The van der Waals surface area contributed by atoms with Crippen LogP contribution in [0, 0.1) is 11.6 Å². The van der Waals surface area contributed by atoms with Gasteiger partial charge in [0.05, 0.1) is 32.0 Å². The fourth-order valence-electron chi connectivity index (χ4n) is 2.55. The molecule has 3 rings (SSSR count). The van der Waals surface area contributed by atoms with Crippen molar-refractivity contribution in [1.82, 2.24) is 5.16 Å². The smallest absolute Gasteiger partial charge is 0.176 e. The van der Waals surface area contributed by atoms with Crippen LogP contribution in [0.15, 0.2) is 40.9 Å². The van der Waals surface area contributed by atoms with Crippen molar-refractivity contribution in [1.29, 1.82) is 0 Å². The molecule has 0 amide bonds. The third kappa shape index (κ3) is 3.06. The van der Waals surface area contributed by atoms with Crippen LogP contribution >= 0.6 is 0 Å². The number of aliphatic hydroxyl groups is 1. The van der Waals surface area contributed by atoms with Crippen molar-refractivity contribution in [2.45, 2.75) is 6.61 Å². The van der Waals surface area contributed by atoms with Crippen molar-refractivity contribution in [3.05, 3.63) is 53.6 Å². The minimum Gasteiger partial charge on any atom is -0.493 e. The third-order valence-corrected chi connectivity index (χ3v) is 3.78. The molecule has 0 atom stereocenters. The molecule has 0 saturated carbocycles. The molecule has 0 aliphatic rings. The number of methoxy groups -OCH3 is 2. The summed E-state index contributed by atoms with van der Waals surface area (Å²) < 4.78 is 43.1. The van der Waals surface area contributed by atoms with Gasteiger partial charge in [0.2, 0.25) is 0 Å². The lowest BCUT2D eigenvalue weighted by atomic mass is 10.0. The Morgan fingerprint density at radius 3 is 2.48 bits per heavy atom. The van der Waals surface area contributed by atoms with Gasteiger partial charge in [0, 0.05) is 5.56 Å². The van der Waals surface area contributed by atoms with Crippen LogP contribution in [0.1, 0.15) is 5.56 Å². The first-order chi connectivity index (χ1) is 12.1. The van der Waals surface area contributed by atoms with Gasteiger partial charge in [0.1, 0.15) is 17.3 Å². The maximum absolute atomic E-state index is 14.0. The van der Waals surface area contributed by atoms with Gasteiger partial charge < -0.3 is 19.1 Å². The molecule has 0 radical (unpaired) electrons. The summed E-state index contributed by atoms with van der Waals surface area (Å²) in [4.78, 5) is 0. The summed E-state index contributed by atoms with van der Waals surface area (Å²) in [5.74, 6) is -0.332. The van der Waals surface area contributed by atoms with Gasteiger partial charge in [0.15, 0.2) is 17.3 Å². The van der Waals surface area contributed by atoms with Crippen LogP contribution in [0.25, 0.3) is 22.6 Å². The first kappa shape index (κ1) is 16.9. The molecule has 0 fully saturated rings. The Bertz CT molecular complexity index is 908. The van der Waals surface area contributed by atoms with Crippen molar-refractivity contribution in [3.8, 4) is 34.1 Å². The van der Waals surface area contributed by atoms with E-state index in [9.17, 15) is 13.9 Å². The molecule has 130 valence electrons. The molecule has 0 saturated heterocycles. The number of hydrogen-bond acceptors (Lipinski definition) is 5. The Morgan fingerprint density at radius 1 is 1.04 bits per heavy atom. The average molecular weight is 347 g/mol. The lowest BCUT2D eigenvalue weighted by Gasteiger charge is -2.09. The van der Waals surface area contributed by atoms with Gasteiger partial charge in [-0.05, 0) is 36.4 Å². The van der Waals surface area contributed by atoms with Gasteiger partial charge in [-0.25, -0.2) is 8.78 Å². The van der Waals surface area contributed by atoms with Crippen LogP contribution in [0.5, 0.6) is 11.5 Å². The number of aromatic nitrogens is 1. The normalized spacial score (nSPS) is 10.8. The summed E-state index contributed by atoms with van der Waals surface area (Å²) in [6.45, 7) is -0.460. The Kier molecular flexibility index (Phi) is 4.67. The highest BCUT2D eigenvalue weighted by Gasteiger charge is 2.22. The van der Waals surface area contributed by atoms with Crippen LogP contribution in [0.4, 0.5) is 8.78 Å². The van der Waals surface area contributed by atoms with E-state index in [1.54, 1.807) is 18.2 Å². The van der Waals surface area contributed by atoms with E-state index in [0.29, 0.717) is 22.8 Å². The molecule has 0 aliphatic carbocycles. The van der Waals surface area contributed by atoms with Crippen LogP contribution in [-0.4, -0.2) is 24.5 Å². The lowest BCUT2D eigenvalue weighted by molar-refractivity contribution is 0.281. The molecule has 0 bridgehead atoms. The molecule has 25 heavy (non-hydrogen) atoms. The van der Waals surface area contributed by atoms with E-state index < -0.39 is 18.2 Å². The minimum absolute atomic E-state index is 0.0238. The van der Waals surface area contributed by atoms with Crippen LogP contribution in [0.2, 0.25) is 0 Å². The third-order valence-electron chi connectivity index (χ3n) is 3.78. The van der Waals surface area contributed by atoms with Gasteiger partial charge in [-0.1, -0.05) is 5.16 Å². The maximum atomic E-state index is 14.0. The number of rotatable bonds is 5. The summed E-state index contributed by atoms with van der Waals surface area (Å²) in [6, 6.07) is 8.01. The second-order valence-corrected chi connectivity index (χ2v) is 5.19. The van der Waals surface area contributed by atoms with Crippen molar-refractivity contribution >= 4 is 0 Å². The second-order valence-electron chi connectivity index (χ2n) is 5.19. The molecule has 0 spiro atoms. The van der Waals surface area contributed by atoms with Gasteiger partial charge in [-0.3, -0.25) is 0 Å². The first-order valence-corrected chi connectivity index (χ1v) is 7.36. The molecule has 1 aromatic heterocycles. The number of nitrogens with zero attached hydrogens (tertiary/aromatic N) is 1. The molecule has 7 heteroatoms. The molecular formula is C18H15F2NO4. The lowest BCUT2D eigenvalue weighted by Crippen LogP contribution is -1.94. The monoisotopic (exact) mass is 347 g/mol. The quantitative estimate of drug-likeness (QED) is 0.761. The van der Waals surface area contributed by atoms with E-state index in [4.69, 9.17) is 14.0 Å². The Labute approximate surface area is 142 Å². The number of hydrogen-bond donors (Lipinski definition) is 1. The topological polar surface area (TPSA) is 64.7 Å². The standard InChI is InChI=1S/C18H15F2NO4/c1-23-15-6-3-10(7-16(15)24-2)17-13(9-22)18(25-21-17)12-8-11(19)4-5-14(12)20/h3-8,22H,9H2,1-2H3. The number of halogens is 2. The SMILES string of the molecule is COc1ccc(-c2noc(-c3cc(F)ccc3F)c2CO)cc1OC. The fraction of sp³-hybridized carbons (Fsp3) is 0.167. The molecule has 1 N–H and O–H groups in total. The summed E-state index contributed by atoms with van der Waals surface area (Å²) in [7, 11) is 3.00. The van der Waals surface area contributed by atoms with Gasteiger partial charge in [-0.15, -0.1) is 0 Å². The van der Waals surface area contributed by atoms with E-state index in [1.165, 1.54) is 14.2 Å². The van der Waals surface area contributed by atoms with Crippen molar-refractivity contribution in [2.24, 2.45) is 0 Å². The zero-order valence-corrected chi connectivity index (χ0v) is 13.5. The summed E-state index contributed by atoms with van der Waals surface area (Å²) >= 11 is 0. The molecule has 3 aromatic rings. The van der Waals surface area contributed by atoms with E-state index in [0.717, 1.165) is 18.2 Å². The largest absolute Gasteiger partial charge is 0.493 e. The second kappa shape index (κ2) is 6.90. The Balaban J connectivity index is 2.14. The van der Waals surface area contributed by atoms with Crippen LogP contribution in [-0.2, 0) is 6.61 Å². The number of ether oxygens (including phenoxy) is 2. The minimum atomic E-state index is -0.675. The highest BCUT2D eigenvalue weighted by Crippen LogP contribution is 2.37. The zero-order chi connectivity index (χ0) is 18.0. The van der Waals surface area contributed by atoms with Crippen LogP contribution in [0.3, 0.4) is 0 Å². The van der Waals surface area contributed by atoms with Crippen molar-refractivity contribution < 1.29 is 27.9 Å². The predicted molar refractivity (Wildman–Crippen MR) is 86.3 cm³/mol. The predicted octanol–water partition coefficient (Wildman–Crippen LogP) is 3.80.